The summed E-state index contributed by atoms with van der Waals surface area (Å²) in [5.74, 6) is 0.813. The number of aromatic amines is 1. The van der Waals surface area contributed by atoms with E-state index >= 15 is 0 Å². The molecule has 0 amide bonds. The molecule has 1 aromatic heterocycles. The van der Waals surface area contributed by atoms with Gasteiger partial charge < -0.3 is 15.0 Å². The molecule has 4 heteroatoms. The average Bonchev–Trinajstić information content (AvgIpc) is 2.72. The van der Waals surface area contributed by atoms with Crippen LogP contribution in [-0.4, -0.2) is 4.98 Å². The molecule has 4 nitrogen and oxygen atoms in total. The molecule has 0 saturated heterocycles. The lowest BCUT2D eigenvalue weighted by Gasteiger charge is -2.10. The molecule has 3 aromatic carbocycles. The number of rotatable bonds is 6. The van der Waals surface area contributed by atoms with Crippen molar-refractivity contribution in [2.45, 2.75) is 20.1 Å². The van der Waals surface area contributed by atoms with Crippen molar-refractivity contribution in [2.75, 3.05) is 5.32 Å². The molecule has 0 aliphatic rings. The number of aromatic nitrogens is 1. The first-order valence-electron chi connectivity index (χ1n) is 9.31. The van der Waals surface area contributed by atoms with Crippen LogP contribution >= 0.6 is 0 Å². The fraction of sp³-hybridized carbons (Fsp3) is 0.125. The van der Waals surface area contributed by atoms with Crippen LogP contribution in [0, 0.1) is 6.92 Å². The molecule has 0 aliphatic carbocycles. The van der Waals surface area contributed by atoms with Crippen molar-refractivity contribution in [2.24, 2.45) is 0 Å². The Balaban J connectivity index is 1.40. The molecule has 4 rings (SSSR count). The number of nitrogens with one attached hydrogen (secondary N) is 2. The Morgan fingerprint density at radius 1 is 0.929 bits per heavy atom. The minimum absolute atomic E-state index is 0.0633. The molecule has 0 radical (unpaired) electrons. The molecular weight excluding hydrogens is 348 g/mol. The van der Waals surface area contributed by atoms with Gasteiger partial charge in [-0.3, -0.25) is 4.79 Å². The van der Waals surface area contributed by atoms with Gasteiger partial charge in [-0.15, -0.1) is 0 Å². The molecule has 1 heterocycles. The van der Waals surface area contributed by atoms with E-state index in [1.165, 1.54) is 5.56 Å². The lowest BCUT2D eigenvalue weighted by Crippen LogP contribution is -2.15. The molecule has 0 spiro atoms. The highest BCUT2D eigenvalue weighted by atomic mass is 16.5. The van der Waals surface area contributed by atoms with Crippen molar-refractivity contribution < 1.29 is 4.74 Å². The van der Waals surface area contributed by atoms with Crippen molar-refractivity contribution in [3.63, 3.8) is 0 Å². The number of hydrogen-bond acceptors (Lipinski definition) is 3. The van der Waals surface area contributed by atoms with Gasteiger partial charge in [0.1, 0.15) is 12.4 Å². The third-order valence-electron chi connectivity index (χ3n) is 4.66. The zero-order valence-corrected chi connectivity index (χ0v) is 15.7. The van der Waals surface area contributed by atoms with E-state index in [4.69, 9.17) is 4.74 Å². The number of pyridine rings is 1. The van der Waals surface area contributed by atoms with Gasteiger partial charge in [0.2, 0.25) is 0 Å². The topological polar surface area (TPSA) is 54.1 Å². The van der Waals surface area contributed by atoms with Crippen LogP contribution in [0.3, 0.4) is 0 Å². The second-order valence-corrected chi connectivity index (χ2v) is 6.87. The lowest BCUT2D eigenvalue weighted by atomic mass is 10.1. The molecule has 0 saturated carbocycles. The summed E-state index contributed by atoms with van der Waals surface area (Å²) >= 11 is 0. The summed E-state index contributed by atoms with van der Waals surface area (Å²) in [4.78, 5) is 15.2. The number of hydrogen-bond donors (Lipinski definition) is 2. The zero-order valence-electron chi connectivity index (χ0n) is 15.7. The van der Waals surface area contributed by atoms with Gasteiger partial charge in [-0.1, -0.05) is 42.0 Å². The molecule has 0 unspecified atom stereocenters. The number of benzene rings is 3. The van der Waals surface area contributed by atoms with Crippen molar-refractivity contribution in [3.8, 4) is 5.75 Å². The highest BCUT2D eigenvalue weighted by Gasteiger charge is 2.04. The van der Waals surface area contributed by atoms with Gasteiger partial charge >= 0.3 is 0 Å². The largest absolute Gasteiger partial charge is 0.489 e. The average molecular weight is 370 g/mol. The Morgan fingerprint density at radius 2 is 1.71 bits per heavy atom. The summed E-state index contributed by atoms with van der Waals surface area (Å²) < 4.78 is 5.81. The number of aryl methyl sites for hydroxylation is 1. The second kappa shape index (κ2) is 8.01. The van der Waals surface area contributed by atoms with E-state index in [9.17, 15) is 4.79 Å². The molecule has 0 bridgehead atoms. The standard InChI is InChI=1S/C24H22N2O2/c1-17-7-12-23-19(13-17)14-20(24(27)26-23)15-25-21-8-10-22(11-9-21)28-16-18-5-3-2-4-6-18/h2-14,25H,15-16H2,1H3,(H,26,27). The van der Waals surface area contributed by atoms with E-state index < -0.39 is 0 Å². The normalized spacial score (nSPS) is 10.8. The van der Waals surface area contributed by atoms with Crippen LogP contribution in [0.4, 0.5) is 5.69 Å². The minimum atomic E-state index is -0.0633. The SMILES string of the molecule is Cc1ccc2[nH]c(=O)c(CNc3ccc(OCc4ccccc4)cc3)cc2c1. The third kappa shape index (κ3) is 4.23. The third-order valence-corrected chi connectivity index (χ3v) is 4.66. The van der Waals surface area contributed by atoms with E-state index in [0.29, 0.717) is 18.7 Å². The first-order chi connectivity index (χ1) is 13.7. The number of anilines is 1. The lowest BCUT2D eigenvalue weighted by molar-refractivity contribution is 0.306. The Morgan fingerprint density at radius 3 is 2.50 bits per heavy atom. The fourth-order valence-electron chi connectivity index (χ4n) is 3.11. The van der Waals surface area contributed by atoms with Crippen LogP contribution < -0.4 is 15.6 Å². The second-order valence-electron chi connectivity index (χ2n) is 6.87. The predicted octanol–water partition coefficient (Wildman–Crippen LogP) is 5.03. The number of H-pyrrole nitrogens is 1. The van der Waals surface area contributed by atoms with Crippen LogP contribution in [0.2, 0.25) is 0 Å². The maximum absolute atomic E-state index is 12.3. The van der Waals surface area contributed by atoms with Crippen LogP contribution in [0.25, 0.3) is 10.9 Å². The van der Waals surface area contributed by atoms with Gasteiger partial charge in [-0.05, 0) is 60.3 Å². The number of fused-ring (bicyclic) bond motifs is 1. The van der Waals surface area contributed by atoms with Gasteiger partial charge in [0.05, 0.1) is 0 Å². The van der Waals surface area contributed by atoms with Crippen molar-refractivity contribution in [3.05, 3.63) is 106 Å². The summed E-state index contributed by atoms with van der Waals surface area (Å²) in [6.45, 7) is 3.05. The Labute approximate surface area is 163 Å². The maximum atomic E-state index is 12.3. The van der Waals surface area contributed by atoms with Crippen molar-refractivity contribution in [1.29, 1.82) is 0 Å². The van der Waals surface area contributed by atoms with Gasteiger partial charge in [-0.2, -0.15) is 0 Å². The van der Waals surface area contributed by atoms with Crippen molar-refractivity contribution in [1.82, 2.24) is 4.98 Å². The smallest absolute Gasteiger partial charge is 0.253 e. The van der Waals surface area contributed by atoms with E-state index in [1.54, 1.807) is 0 Å². The summed E-state index contributed by atoms with van der Waals surface area (Å²) in [7, 11) is 0. The van der Waals surface area contributed by atoms with Crippen LogP contribution in [0.5, 0.6) is 5.75 Å². The fourth-order valence-corrected chi connectivity index (χ4v) is 3.11. The molecule has 0 atom stereocenters. The first-order valence-corrected chi connectivity index (χ1v) is 9.31. The van der Waals surface area contributed by atoms with Crippen LogP contribution in [0.15, 0.2) is 83.7 Å². The molecule has 2 N–H and O–H groups in total. The van der Waals surface area contributed by atoms with Gasteiger partial charge in [0, 0.05) is 23.3 Å². The summed E-state index contributed by atoms with van der Waals surface area (Å²) in [6.07, 6.45) is 0. The van der Waals surface area contributed by atoms with Crippen molar-refractivity contribution >= 4 is 16.6 Å². The number of ether oxygens (including phenoxy) is 1. The zero-order chi connectivity index (χ0) is 19.3. The molecular formula is C24H22N2O2. The maximum Gasteiger partial charge on any atom is 0.253 e. The Hall–Kier alpha value is -3.53. The van der Waals surface area contributed by atoms with Gasteiger partial charge in [0.15, 0.2) is 0 Å². The predicted molar refractivity (Wildman–Crippen MR) is 114 cm³/mol. The summed E-state index contributed by atoms with van der Waals surface area (Å²) in [5.41, 5.74) is 4.75. The monoisotopic (exact) mass is 370 g/mol. The molecule has 4 aromatic rings. The highest BCUT2D eigenvalue weighted by molar-refractivity contribution is 5.79. The van der Waals surface area contributed by atoms with Crippen LogP contribution in [0.1, 0.15) is 16.7 Å². The Bertz CT molecular complexity index is 1130. The Kier molecular flexibility index (Phi) is 5.11. The van der Waals surface area contributed by atoms with E-state index in [0.717, 1.165) is 27.9 Å². The van der Waals surface area contributed by atoms with Gasteiger partial charge in [0.25, 0.3) is 5.56 Å². The van der Waals surface area contributed by atoms with E-state index in [1.807, 2.05) is 79.7 Å². The van der Waals surface area contributed by atoms with Crippen LogP contribution in [-0.2, 0) is 13.2 Å². The quantitative estimate of drug-likeness (QED) is 0.501. The molecule has 0 aliphatic heterocycles. The molecule has 0 fully saturated rings. The first kappa shape index (κ1) is 17.9. The highest BCUT2D eigenvalue weighted by Crippen LogP contribution is 2.18. The molecule has 28 heavy (non-hydrogen) atoms. The van der Waals surface area contributed by atoms with E-state index in [-0.39, 0.29) is 5.56 Å². The minimum Gasteiger partial charge on any atom is -0.489 e. The summed E-state index contributed by atoms with van der Waals surface area (Å²) in [6, 6.07) is 25.8. The molecule has 140 valence electrons. The van der Waals surface area contributed by atoms with E-state index in [2.05, 4.69) is 16.4 Å². The summed E-state index contributed by atoms with van der Waals surface area (Å²) in [5, 5.41) is 4.35. The van der Waals surface area contributed by atoms with Gasteiger partial charge in [-0.25, -0.2) is 0 Å².